The summed E-state index contributed by atoms with van der Waals surface area (Å²) in [7, 11) is 1.29. The molecule has 0 radical (unpaired) electrons. The zero-order valence-electron chi connectivity index (χ0n) is 17.5. The summed E-state index contributed by atoms with van der Waals surface area (Å²) in [6, 6.07) is 6.00. The fourth-order valence-corrected chi connectivity index (χ4v) is 3.60. The van der Waals surface area contributed by atoms with Crippen molar-refractivity contribution in [1.82, 2.24) is 0 Å². The number of hydrogen-bond acceptors (Lipinski definition) is 11. The van der Waals surface area contributed by atoms with E-state index in [9.17, 15) is 35.4 Å². The number of aliphatic hydroxyl groups is 3. The molecule has 1 aliphatic heterocycles. The molecule has 1 aromatic heterocycles. The predicted octanol–water partition coefficient (Wildman–Crippen LogP) is 0.792. The summed E-state index contributed by atoms with van der Waals surface area (Å²) in [6.45, 7) is 1.45. The average Bonchev–Trinajstić information content (AvgIpc) is 2.78. The smallest absolute Gasteiger partial charge is 0.239 e. The number of methoxy groups -OCH3 is 1. The summed E-state index contributed by atoms with van der Waals surface area (Å²) in [6.07, 6.45) is -7.21. The normalized spacial score (nSPS) is 25.2. The van der Waals surface area contributed by atoms with Gasteiger partial charge in [-0.3, -0.25) is 4.79 Å². The molecular formula is C22H22O11. The fraction of sp³-hybridized carbons (Fsp3) is 0.318. The van der Waals surface area contributed by atoms with Gasteiger partial charge < -0.3 is 49.3 Å². The Labute approximate surface area is 186 Å². The highest BCUT2D eigenvalue weighted by molar-refractivity contribution is 5.88. The lowest BCUT2D eigenvalue weighted by atomic mass is 10.00. The van der Waals surface area contributed by atoms with Crippen LogP contribution in [-0.2, 0) is 4.74 Å². The van der Waals surface area contributed by atoms with Crippen LogP contribution < -0.4 is 14.9 Å². The highest BCUT2D eigenvalue weighted by atomic mass is 16.7. The summed E-state index contributed by atoms with van der Waals surface area (Å²) < 4.78 is 22.1. The topological polar surface area (TPSA) is 179 Å². The SMILES string of the molecule is COc1cc(O)cc2oc(-c3ccc(O)c(O)c3)c(O[C@@H]3O[C@@H](C)[C@H](O)[C@H](O)[C@@H]3O)c(=O)c12. The molecule has 2 aromatic carbocycles. The third-order valence-electron chi connectivity index (χ3n) is 5.40. The van der Waals surface area contributed by atoms with Gasteiger partial charge in [-0.2, -0.15) is 0 Å². The number of hydrogen-bond donors (Lipinski definition) is 6. The van der Waals surface area contributed by atoms with Crippen LogP contribution in [-0.4, -0.2) is 68.5 Å². The van der Waals surface area contributed by atoms with Crippen LogP contribution in [0.15, 0.2) is 39.5 Å². The van der Waals surface area contributed by atoms with Crippen molar-refractivity contribution in [1.29, 1.82) is 0 Å². The Morgan fingerprint density at radius 2 is 1.67 bits per heavy atom. The summed E-state index contributed by atoms with van der Waals surface area (Å²) in [5.41, 5.74) is -0.721. The van der Waals surface area contributed by atoms with Gasteiger partial charge in [0.05, 0.1) is 13.2 Å². The second-order valence-corrected chi connectivity index (χ2v) is 7.61. The molecule has 0 saturated carbocycles. The first-order chi connectivity index (χ1) is 15.6. The van der Waals surface area contributed by atoms with Gasteiger partial charge in [0.1, 0.15) is 40.8 Å². The molecule has 33 heavy (non-hydrogen) atoms. The molecule has 0 amide bonds. The van der Waals surface area contributed by atoms with Gasteiger partial charge in [0.15, 0.2) is 17.3 Å². The Morgan fingerprint density at radius 1 is 0.939 bits per heavy atom. The second kappa shape index (κ2) is 8.45. The van der Waals surface area contributed by atoms with Crippen LogP contribution in [0.3, 0.4) is 0 Å². The number of phenolic OH excluding ortho intramolecular Hbond substituents is 3. The lowest BCUT2D eigenvalue weighted by Crippen LogP contribution is -2.58. The zero-order valence-corrected chi connectivity index (χ0v) is 17.5. The minimum absolute atomic E-state index is 0.0161. The number of benzene rings is 2. The lowest BCUT2D eigenvalue weighted by Gasteiger charge is -2.38. The molecule has 176 valence electrons. The molecule has 11 heteroatoms. The third kappa shape index (κ3) is 3.91. The van der Waals surface area contributed by atoms with E-state index in [0.29, 0.717) is 0 Å². The van der Waals surface area contributed by atoms with Crippen LogP contribution in [0.1, 0.15) is 6.92 Å². The molecule has 2 heterocycles. The van der Waals surface area contributed by atoms with Gasteiger partial charge in [-0.05, 0) is 25.1 Å². The fourth-order valence-electron chi connectivity index (χ4n) is 3.60. The number of fused-ring (bicyclic) bond motifs is 1. The molecular weight excluding hydrogens is 440 g/mol. The Kier molecular flexibility index (Phi) is 5.80. The number of phenols is 3. The standard InChI is InChI=1S/C22H22O11/c1-8-16(26)18(28)19(29)22(31-8)33-21-17(27)15-13(30-2)6-10(23)7-14(15)32-20(21)9-3-4-11(24)12(25)5-9/h3-8,16,18-19,22-26,28-29H,1-2H3/t8-,16-,18-,19-,22-/m0/s1. The Morgan fingerprint density at radius 3 is 2.33 bits per heavy atom. The summed E-state index contributed by atoms with van der Waals surface area (Å²) in [5.74, 6) is -1.86. The number of ether oxygens (including phenoxy) is 3. The molecule has 1 aliphatic rings. The predicted molar refractivity (Wildman–Crippen MR) is 112 cm³/mol. The average molecular weight is 462 g/mol. The molecule has 0 aliphatic carbocycles. The second-order valence-electron chi connectivity index (χ2n) is 7.61. The van der Waals surface area contributed by atoms with Crippen LogP contribution in [0.4, 0.5) is 0 Å². The van der Waals surface area contributed by atoms with Crippen molar-refractivity contribution in [2.45, 2.75) is 37.6 Å². The van der Waals surface area contributed by atoms with Gasteiger partial charge >= 0.3 is 0 Å². The van der Waals surface area contributed by atoms with Crippen molar-refractivity contribution < 1.29 is 49.3 Å². The molecule has 1 fully saturated rings. The third-order valence-corrected chi connectivity index (χ3v) is 5.40. The number of rotatable bonds is 4. The van der Waals surface area contributed by atoms with Crippen LogP contribution in [0.5, 0.6) is 28.7 Å². The van der Waals surface area contributed by atoms with E-state index < -0.39 is 53.4 Å². The van der Waals surface area contributed by atoms with Gasteiger partial charge in [-0.15, -0.1) is 0 Å². The van der Waals surface area contributed by atoms with E-state index in [4.69, 9.17) is 18.6 Å². The number of aliphatic hydroxyl groups excluding tert-OH is 3. The molecule has 4 rings (SSSR count). The molecule has 1 saturated heterocycles. The minimum atomic E-state index is -1.71. The van der Waals surface area contributed by atoms with Crippen molar-refractivity contribution >= 4 is 11.0 Å². The molecule has 3 aromatic rings. The summed E-state index contributed by atoms with van der Waals surface area (Å²) >= 11 is 0. The van der Waals surface area contributed by atoms with E-state index >= 15 is 0 Å². The lowest BCUT2D eigenvalue weighted by molar-refractivity contribution is -0.268. The maximum atomic E-state index is 13.5. The van der Waals surface area contributed by atoms with Crippen LogP contribution in [0.25, 0.3) is 22.3 Å². The van der Waals surface area contributed by atoms with Crippen molar-refractivity contribution in [3.8, 4) is 40.1 Å². The van der Waals surface area contributed by atoms with E-state index in [-0.39, 0.29) is 33.8 Å². The van der Waals surface area contributed by atoms with E-state index in [1.54, 1.807) is 0 Å². The maximum Gasteiger partial charge on any atom is 0.239 e. The van der Waals surface area contributed by atoms with Gasteiger partial charge in [-0.25, -0.2) is 0 Å². The first-order valence-electron chi connectivity index (χ1n) is 9.88. The summed E-state index contributed by atoms with van der Waals surface area (Å²) in [4.78, 5) is 13.5. The quantitative estimate of drug-likeness (QED) is 0.302. The largest absolute Gasteiger partial charge is 0.508 e. The van der Waals surface area contributed by atoms with E-state index in [1.165, 1.54) is 32.2 Å². The summed E-state index contributed by atoms with van der Waals surface area (Å²) in [5, 5.41) is 59.8. The zero-order chi connectivity index (χ0) is 24.0. The van der Waals surface area contributed by atoms with Gasteiger partial charge in [0.25, 0.3) is 0 Å². The Hall–Kier alpha value is -3.51. The molecule has 0 unspecified atom stereocenters. The van der Waals surface area contributed by atoms with Gasteiger partial charge in [-0.1, -0.05) is 0 Å². The molecule has 11 nitrogen and oxygen atoms in total. The molecule has 5 atom stereocenters. The van der Waals surface area contributed by atoms with Crippen molar-refractivity contribution in [2.75, 3.05) is 7.11 Å². The molecule has 0 bridgehead atoms. The van der Waals surface area contributed by atoms with E-state index in [0.717, 1.165) is 12.1 Å². The Balaban J connectivity index is 1.94. The van der Waals surface area contributed by atoms with Crippen LogP contribution in [0, 0.1) is 0 Å². The first kappa shape index (κ1) is 22.7. The van der Waals surface area contributed by atoms with Crippen molar-refractivity contribution in [3.05, 3.63) is 40.6 Å². The Bertz CT molecular complexity index is 1250. The first-order valence-corrected chi connectivity index (χ1v) is 9.88. The van der Waals surface area contributed by atoms with Gasteiger partial charge in [0.2, 0.25) is 17.5 Å². The minimum Gasteiger partial charge on any atom is -0.508 e. The highest BCUT2D eigenvalue weighted by Crippen LogP contribution is 2.39. The molecule has 0 spiro atoms. The maximum absolute atomic E-state index is 13.5. The highest BCUT2D eigenvalue weighted by Gasteiger charge is 2.44. The monoisotopic (exact) mass is 462 g/mol. The van der Waals surface area contributed by atoms with E-state index in [2.05, 4.69) is 0 Å². The van der Waals surface area contributed by atoms with Crippen LogP contribution in [0.2, 0.25) is 0 Å². The van der Waals surface area contributed by atoms with Crippen molar-refractivity contribution in [2.24, 2.45) is 0 Å². The van der Waals surface area contributed by atoms with E-state index in [1.807, 2.05) is 0 Å². The number of aromatic hydroxyl groups is 3. The van der Waals surface area contributed by atoms with Crippen molar-refractivity contribution in [3.63, 3.8) is 0 Å². The van der Waals surface area contributed by atoms with Gasteiger partial charge in [0, 0.05) is 17.7 Å². The van der Waals surface area contributed by atoms with Crippen LogP contribution >= 0.6 is 0 Å². The molecule has 6 N–H and O–H groups in total.